The molecule has 0 spiro atoms. The van der Waals surface area contributed by atoms with Gasteiger partial charge in [0.1, 0.15) is 0 Å². The first-order valence-corrected chi connectivity index (χ1v) is 5.21. The summed E-state index contributed by atoms with van der Waals surface area (Å²) in [5.41, 5.74) is 5.36. The lowest BCUT2D eigenvalue weighted by Gasteiger charge is -1.97. The second kappa shape index (κ2) is 7.03. The Balaban J connectivity index is 0. The summed E-state index contributed by atoms with van der Waals surface area (Å²) < 4.78 is 25.9. The summed E-state index contributed by atoms with van der Waals surface area (Å²) in [6.07, 6.45) is 2.09. The Kier molecular flexibility index (Phi) is 8.16. The van der Waals surface area contributed by atoms with E-state index in [0.717, 1.165) is 6.42 Å². The Labute approximate surface area is 72.9 Å². The van der Waals surface area contributed by atoms with Crippen molar-refractivity contribution in [3.8, 4) is 6.07 Å². The quantitative estimate of drug-likeness (QED) is 0.608. The molecular formula is C6H14N2O3S. The van der Waals surface area contributed by atoms with Crippen LogP contribution in [0.2, 0.25) is 0 Å². The lowest BCUT2D eigenvalue weighted by atomic mass is 10.2. The smallest absolute Gasteiger partial charge is 0.261 e. The van der Waals surface area contributed by atoms with Gasteiger partial charge in [-0.3, -0.25) is 4.55 Å². The molecule has 0 rings (SSSR count). The molecule has 0 radical (unpaired) electrons. The predicted octanol–water partition coefficient (Wildman–Crippen LogP) is 0.141. The van der Waals surface area contributed by atoms with Crippen molar-refractivity contribution in [1.29, 1.82) is 5.26 Å². The Hall–Kier alpha value is -0.640. The Morgan fingerprint density at radius 3 is 2.08 bits per heavy atom. The van der Waals surface area contributed by atoms with E-state index in [1.165, 1.54) is 0 Å². The molecule has 1 unspecified atom stereocenters. The topological polar surface area (TPSA) is 104 Å². The van der Waals surface area contributed by atoms with Gasteiger partial charge in [-0.15, -0.1) is 0 Å². The predicted molar refractivity (Wildman–Crippen MR) is 46.0 cm³/mol. The monoisotopic (exact) mass is 194 g/mol. The summed E-state index contributed by atoms with van der Waals surface area (Å²) >= 11 is 0. The van der Waals surface area contributed by atoms with Crippen LogP contribution in [-0.4, -0.2) is 25.3 Å². The van der Waals surface area contributed by atoms with E-state index < -0.39 is 10.1 Å². The molecule has 0 aliphatic rings. The van der Waals surface area contributed by atoms with Crippen molar-refractivity contribution >= 4 is 10.1 Å². The fraction of sp³-hybridized carbons (Fsp3) is 0.833. The lowest BCUT2D eigenvalue weighted by molar-refractivity contribution is 0.490. The Morgan fingerprint density at radius 2 is 2.00 bits per heavy atom. The van der Waals surface area contributed by atoms with Gasteiger partial charge < -0.3 is 5.73 Å². The molecule has 3 N–H and O–H groups in total. The van der Waals surface area contributed by atoms with E-state index in [1.807, 2.05) is 13.0 Å². The second-order valence-corrected chi connectivity index (χ2v) is 3.73. The van der Waals surface area contributed by atoms with Crippen LogP contribution in [0.5, 0.6) is 0 Å². The highest BCUT2D eigenvalue weighted by Crippen LogP contribution is 1.88. The van der Waals surface area contributed by atoms with E-state index in [2.05, 4.69) is 0 Å². The van der Waals surface area contributed by atoms with Crippen molar-refractivity contribution in [3.05, 3.63) is 0 Å². The van der Waals surface area contributed by atoms with Crippen molar-refractivity contribution in [2.24, 2.45) is 5.73 Å². The third-order valence-corrected chi connectivity index (χ3v) is 0.878. The molecule has 0 saturated carbocycles. The molecule has 72 valence electrons. The van der Waals surface area contributed by atoms with Crippen LogP contribution in [0.4, 0.5) is 0 Å². The highest BCUT2D eigenvalue weighted by molar-refractivity contribution is 7.85. The summed E-state index contributed by atoms with van der Waals surface area (Å²) in [5.74, 6) is 0. The highest BCUT2D eigenvalue weighted by atomic mass is 32.2. The normalized spacial score (nSPS) is 12.2. The van der Waals surface area contributed by atoms with Gasteiger partial charge in [-0.05, 0) is 6.42 Å². The first-order chi connectivity index (χ1) is 5.31. The molecule has 12 heavy (non-hydrogen) atoms. The van der Waals surface area contributed by atoms with Crippen LogP contribution in [0, 0.1) is 11.3 Å². The average Bonchev–Trinajstić information content (AvgIpc) is 1.85. The minimum Gasteiger partial charge on any atom is -0.327 e. The summed E-state index contributed by atoms with van der Waals surface area (Å²) in [7, 11) is -3.67. The Morgan fingerprint density at radius 1 is 1.67 bits per heavy atom. The van der Waals surface area contributed by atoms with Crippen LogP contribution in [0.15, 0.2) is 0 Å². The third-order valence-electron chi connectivity index (χ3n) is 0.878. The fourth-order valence-electron chi connectivity index (χ4n) is 0.262. The minimum absolute atomic E-state index is 0.0880. The van der Waals surface area contributed by atoms with Crippen LogP contribution in [0.3, 0.4) is 0 Å². The van der Waals surface area contributed by atoms with Crippen LogP contribution in [-0.2, 0) is 10.1 Å². The number of rotatable bonds is 2. The number of hydrogen-bond acceptors (Lipinski definition) is 4. The standard InChI is InChI=1S/C5H10N2.CH4O3S/c1-2-5(7)3-4-6;1-5(2,3)4/h5H,2-3,7H2,1H3;1H3,(H,2,3,4). The maximum absolute atomic E-state index is 9.19. The van der Waals surface area contributed by atoms with E-state index in [4.69, 9.17) is 15.5 Å². The highest BCUT2D eigenvalue weighted by Gasteiger charge is 1.93. The summed E-state index contributed by atoms with van der Waals surface area (Å²) in [6.45, 7) is 1.97. The van der Waals surface area contributed by atoms with Crippen LogP contribution in [0.1, 0.15) is 19.8 Å². The third kappa shape index (κ3) is 34.4. The van der Waals surface area contributed by atoms with E-state index in [0.29, 0.717) is 12.7 Å². The van der Waals surface area contributed by atoms with Crippen molar-refractivity contribution < 1.29 is 13.0 Å². The van der Waals surface area contributed by atoms with E-state index in [9.17, 15) is 8.42 Å². The summed E-state index contributed by atoms with van der Waals surface area (Å²) in [4.78, 5) is 0. The van der Waals surface area contributed by atoms with Gasteiger partial charge in [0.15, 0.2) is 0 Å². The van der Waals surface area contributed by atoms with E-state index in [1.54, 1.807) is 0 Å². The van der Waals surface area contributed by atoms with Crippen LogP contribution < -0.4 is 5.73 Å². The summed E-state index contributed by atoms with van der Waals surface area (Å²) in [5, 5.41) is 8.04. The number of nitrogens with zero attached hydrogens (tertiary/aromatic N) is 1. The number of nitriles is 1. The zero-order valence-corrected chi connectivity index (χ0v) is 8.00. The van der Waals surface area contributed by atoms with Crippen molar-refractivity contribution in [2.75, 3.05) is 6.26 Å². The maximum atomic E-state index is 9.19. The molecule has 0 aliphatic heterocycles. The molecular weight excluding hydrogens is 180 g/mol. The van der Waals surface area contributed by atoms with Crippen molar-refractivity contribution in [2.45, 2.75) is 25.8 Å². The molecule has 0 aromatic heterocycles. The molecule has 1 atom stereocenters. The SMILES string of the molecule is CCC(N)CC#N.CS(=O)(=O)O. The van der Waals surface area contributed by atoms with E-state index >= 15 is 0 Å². The minimum atomic E-state index is -3.67. The first-order valence-electron chi connectivity index (χ1n) is 3.36. The van der Waals surface area contributed by atoms with Gasteiger partial charge in [0.05, 0.1) is 18.7 Å². The van der Waals surface area contributed by atoms with Crippen LogP contribution >= 0.6 is 0 Å². The van der Waals surface area contributed by atoms with Crippen molar-refractivity contribution in [3.63, 3.8) is 0 Å². The zero-order valence-electron chi connectivity index (χ0n) is 7.19. The zero-order chi connectivity index (χ0) is 10.2. The average molecular weight is 194 g/mol. The number of nitrogens with two attached hydrogens (primary N) is 1. The van der Waals surface area contributed by atoms with E-state index in [-0.39, 0.29) is 6.04 Å². The molecule has 0 saturated heterocycles. The molecule has 0 aliphatic carbocycles. The molecule has 0 fully saturated rings. The summed E-state index contributed by atoms with van der Waals surface area (Å²) in [6, 6.07) is 2.08. The van der Waals surface area contributed by atoms with Crippen LogP contribution in [0.25, 0.3) is 0 Å². The molecule has 0 heterocycles. The van der Waals surface area contributed by atoms with Gasteiger partial charge in [0.25, 0.3) is 10.1 Å². The molecule has 0 amide bonds. The molecule has 5 nitrogen and oxygen atoms in total. The number of hydrogen-bond donors (Lipinski definition) is 2. The van der Waals surface area contributed by atoms with Gasteiger partial charge in [-0.2, -0.15) is 13.7 Å². The molecule has 0 aromatic carbocycles. The fourth-order valence-corrected chi connectivity index (χ4v) is 0.262. The van der Waals surface area contributed by atoms with Crippen molar-refractivity contribution in [1.82, 2.24) is 0 Å². The first kappa shape index (κ1) is 13.9. The molecule has 6 heteroatoms. The Bertz CT molecular complexity index is 222. The van der Waals surface area contributed by atoms with Gasteiger partial charge in [0.2, 0.25) is 0 Å². The second-order valence-electron chi connectivity index (χ2n) is 2.26. The maximum Gasteiger partial charge on any atom is 0.261 e. The van der Waals surface area contributed by atoms with Gasteiger partial charge in [-0.1, -0.05) is 6.92 Å². The van der Waals surface area contributed by atoms with Gasteiger partial charge in [-0.25, -0.2) is 0 Å². The van der Waals surface area contributed by atoms with Gasteiger partial charge >= 0.3 is 0 Å². The molecule has 0 aromatic rings. The largest absolute Gasteiger partial charge is 0.327 e. The molecule has 0 bridgehead atoms. The lowest BCUT2D eigenvalue weighted by Crippen LogP contribution is -2.16. The van der Waals surface area contributed by atoms with Gasteiger partial charge in [0, 0.05) is 6.04 Å².